The van der Waals surface area contributed by atoms with E-state index in [0.29, 0.717) is 29.0 Å². The van der Waals surface area contributed by atoms with Crippen LogP contribution < -0.4 is 10.3 Å². The first kappa shape index (κ1) is 31.0. The van der Waals surface area contributed by atoms with E-state index in [1.807, 2.05) is 6.07 Å². The summed E-state index contributed by atoms with van der Waals surface area (Å²) < 4.78 is 10.9. The minimum absolute atomic E-state index is 0.148. The molecule has 2 N–H and O–H groups in total. The molecule has 0 spiro atoms. The van der Waals surface area contributed by atoms with Crippen molar-refractivity contribution in [2.45, 2.75) is 39.5 Å². The van der Waals surface area contributed by atoms with Gasteiger partial charge in [-0.1, -0.05) is 11.6 Å². The highest BCUT2D eigenvalue weighted by atomic mass is 79.9. The third-order valence-corrected chi connectivity index (χ3v) is 7.89. The van der Waals surface area contributed by atoms with Crippen LogP contribution in [0.1, 0.15) is 25.2 Å². The van der Waals surface area contributed by atoms with Gasteiger partial charge in [0.2, 0.25) is 0 Å². The molecule has 3 aromatic heterocycles. The van der Waals surface area contributed by atoms with Crippen LogP contribution in [0.3, 0.4) is 0 Å². The highest BCUT2D eigenvalue weighted by Gasteiger charge is 2.22. The van der Waals surface area contributed by atoms with E-state index in [1.165, 1.54) is 17.3 Å². The highest BCUT2D eigenvalue weighted by Crippen LogP contribution is 2.34. The third kappa shape index (κ3) is 7.67. The zero-order chi connectivity index (χ0) is 30.4. The van der Waals surface area contributed by atoms with Gasteiger partial charge in [0.15, 0.2) is 0 Å². The number of rotatable bonds is 7. The summed E-state index contributed by atoms with van der Waals surface area (Å²) in [6, 6.07) is 13.6. The molecule has 0 bridgehead atoms. The Bertz CT molecular complexity index is 1660. The smallest absolute Gasteiger partial charge is 0.328 e. The summed E-state index contributed by atoms with van der Waals surface area (Å²) in [5.74, 6) is -2.01. The van der Waals surface area contributed by atoms with Crippen molar-refractivity contribution in [3.05, 3.63) is 98.2 Å². The molecule has 0 saturated heterocycles. The van der Waals surface area contributed by atoms with Gasteiger partial charge in [-0.05, 0) is 66.2 Å². The average molecular weight is 658 g/mol. The number of halogens is 2. The van der Waals surface area contributed by atoms with Crippen molar-refractivity contribution in [2.75, 3.05) is 13.1 Å². The number of hydrogen-bond donors (Lipinski definition) is 2. The Kier molecular flexibility index (Phi) is 10.2. The molecule has 12 heteroatoms. The quantitative estimate of drug-likeness (QED) is 0.261. The molecule has 4 aromatic rings. The van der Waals surface area contributed by atoms with Gasteiger partial charge in [-0.15, -0.1) is 0 Å². The van der Waals surface area contributed by atoms with Crippen molar-refractivity contribution in [3.8, 4) is 11.4 Å². The maximum atomic E-state index is 12.9. The number of nitrogens with zero attached hydrogens (tertiary/aromatic N) is 4. The normalized spacial score (nSPS) is 13.5. The fourth-order valence-electron chi connectivity index (χ4n) is 4.67. The molecule has 1 aromatic carbocycles. The number of aromatic nitrogens is 3. The molecule has 4 heterocycles. The molecule has 0 aliphatic carbocycles. The van der Waals surface area contributed by atoms with E-state index in [2.05, 4.69) is 56.4 Å². The Hall–Kier alpha value is -3.93. The first-order chi connectivity index (χ1) is 20.0. The van der Waals surface area contributed by atoms with Crippen LogP contribution in [-0.2, 0) is 29.2 Å². The van der Waals surface area contributed by atoms with Gasteiger partial charge in [-0.3, -0.25) is 19.2 Å². The van der Waals surface area contributed by atoms with E-state index in [1.54, 1.807) is 35.2 Å². The predicted octanol–water partition coefficient (Wildman–Crippen LogP) is 5.16. The van der Waals surface area contributed by atoms with Gasteiger partial charge < -0.3 is 19.5 Å². The van der Waals surface area contributed by atoms with Crippen molar-refractivity contribution in [3.63, 3.8) is 0 Å². The Balaban J connectivity index is 0.000000446. The topological polar surface area (TPSA) is 127 Å². The van der Waals surface area contributed by atoms with Crippen LogP contribution in [0.25, 0.3) is 16.6 Å². The SMILES string of the molecule is CC(C)N1CCc2c(Br)c3cc(-n4ccc(OCc5ccc(Cl)cn5)cc4=O)ccc3n2CC1.O=C(O)/C=C\C(=O)O. The molecule has 0 atom stereocenters. The first-order valence-electron chi connectivity index (χ1n) is 13.2. The number of pyridine rings is 2. The van der Waals surface area contributed by atoms with E-state index in [4.69, 9.17) is 26.6 Å². The lowest BCUT2D eigenvalue weighted by Crippen LogP contribution is -2.33. The summed E-state index contributed by atoms with van der Waals surface area (Å²) in [7, 11) is 0. The third-order valence-electron chi connectivity index (χ3n) is 6.78. The molecule has 0 radical (unpaired) electrons. The number of ether oxygens (including phenoxy) is 1. The molecule has 0 unspecified atom stereocenters. The molecular weight excluding hydrogens is 628 g/mol. The minimum atomic E-state index is -1.26. The molecular formula is C30H30BrClN4O6. The van der Waals surface area contributed by atoms with Crippen LogP contribution in [-0.4, -0.2) is 60.3 Å². The number of carboxylic acids is 2. The lowest BCUT2D eigenvalue weighted by atomic mass is 10.2. The molecule has 1 aliphatic rings. The van der Waals surface area contributed by atoms with Crippen LogP contribution in [0.4, 0.5) is 0 Å². The molecule has 220 valence electrons. The molecule has 0 saturated carbocycles. The van der Waals surface area contributed by atoms with E-state index < -0.39 is 11.9 Å². The number of carbonyl (C=O) groups is 2. The molecule has 10 nitrogen and oxygen atoms in total. The summed E-state index contributed by atoms with van der Waals surface area (Å²) in [4.78, 5) is 38.7. The van der Waals surface area contributed by atoms with Crippen molar-refractivity contribution >= 4 is 50.4 Å². The monoisotopic (exact) mass is 656 g/mol. The Labute approximate surface area is 255 Å². The highest BCUT2D eigenvalue weighted by molar-refractivity contribution is 9.10. The van der Waals surface area contributed by atoms with Crippen LogP contribution in [0.2, 0.25) is 5.02 Å². The maximum absolute atomic E-state index is 12.9. The second-order valence-electron chi connectivity index (χ2n) is 9.83. The van der Waals surface area contributed by atoms with Gasteiger partial charge in [0.1, 0.15) is 12.4 Å². The van der Waals surface area contributed by atoms with Crippen molar-refractivity contribution in [2.24, 2.45) is 0 Å². The number of benzene rings is 1. The fraction of sp³-hybridized carbons (Fsp3) is 0.267. The van der Waals surface area contributed by atoms with E-state index >= 15 is 0 Å². The van der Waals surface area contributed by atoms with E-state index in [0.717, 1.165) is 47.3 Å². The maximum Gasteiger partial charge on any atom is 0.328 e. The summed E-state index contributed by atoms with van der Waals surface area (Å²) in [5.41, 5.74) is 3.94. The van der Waals surface area contributed by atoms with Gasteiger partial charge in [0.05, 0.1) is 10.7 Å². The van der Waals surface area contributed by atoms with E-state index in [-0.39, 0.29) is 12.2 Å². The van der Waals surface area contributed by atoms with Crippen LogP contribution in [0, 0.1) is 0 Å². The van der Waals surface area contributed by atoms with Gasteiger partial charge in [-0.2, -0.15) is 0 Å². The largest absolute Gasteiger partial charge is 0.487 e. The van der Waals surface area contributed by atoms with Crippen LogP contribution in [0.15, 0.2) is 76.3 Å². The zero-order valence-electron chi connectivity index (χ0n) is 23.0. The number of aliphatic carboxylic acids is 2. The Morgan fingerprint density at radius 2 is 1.81 bits per heavy atom. The van der Waals surface area contributed by atoms with Crippen molar-refractivity contribution < 1.29 is 24.5 Å². The minimum Gasteiger partial charge on any atom is -0.487 e. The molecule has 42 heavy (non-hydrogen) atoms. The summed E-state index contributed by atoms with van der Waals surface area (Å²) in [6.07, 6.45) is 5.44. The second-order valence-corrected chi connectivity index (χ2v) is 11.1. The van der Waals surface area contributed by atoms with Gasteiger partial charge in [-0.25, -0.2) is 9.59 Å². The van der Waals surface area contributed by atoms with Crippen molar-refractivity contribution in [1.82, 2.24) is 19.0 Å². The Morgan fingerprint density at radius 1 is 1.07 bits per heavy atom. The number of hydrogen-bond acceptors (Lipinski definition) is 6. The average Bonchev–Trinajstić information content (AvgIpc) is 3.08. The zero-order valence-corrected chi connectivity index (χ0v) is 25.4. The predicted molar refractivity (Wildman–Crippen MR) is 164 cm³/mol. The van der Waals surface area contributed by atoms with Crippen LogP contribution >= 0.6 is 27.5 Å². The standard InChI is InChI=1S/C26H26BrClN4O2.C4H4O4/c1-17(2)30-9-8-24-26(27)22-13-20(5-6-23(22)32(24)12-11-30)31-10-7-21(14-25(31)33)34-16-19-4-3-18(28)15-29-19;5-3(6)1-2-4(7)8/h3-7,10,13-15,17H,8-9,11-12,16H2,1-2H3;1-2H,(H,5,6)(H,7,8)/b;2-1-. The van der Waals surface area contributed by atoms with Crippen LogP contribution in [0.5, 0.6) is 5.75 Å². The molecule has 5 rings (SSSR count). The summed E-state index contributed by atoms with van der Waals surface area (Å²) in [6.45, 7) is 7.82. The van der Waals surface area contributed by atoms with Gasteiger partial charge >= 0.3 is 11.9 Å². The lowest BCUT2D eigenvalue weighted by molar-refractivity contribution is -0.134. The second kappa shape index (κ2) is 13.8. The number of carboxylic acid groups (broad SMARTS) is 2. The Morgan fingerprint density at radius 3 is 2.43 bits per heavy atom. The fourth-order valence-corrected chi connectivity index (χ4v) is 5.51. The lowest BCUT2D eigenvalue weighted by Gasteiger charge is -2.23. The summed E-state index contributed by atoms with van der Waals surface area (Å²) >= 11 is 9.72. The van der Waals surface area contributed by atoms with Crippen molar-refractivity contribution in [1.29, 1.82) is 0 Å². The van der Waals surface area contributed by atoms with E-state index in [9.17, 15) is 14.4 Å². The molecule has 0 fully saturated rings. The molecule has 0 amide bonds. The summed E-state index contributed by atoms with van der Waals surface area (Å²) in [5, 5.41) is 17.3. The first-order valence-corrected chi connectivity index (χ1v) is 14.4. The van der Waals surface area contributed by atoms with Gasteiger partial charge in [0, 0.05) is 89.5 Å². The number of fused-ring (bicyclic) bond motifs is 3. The van der Waals surface area contributed by atoms with Gasteiger partial charge in [0.25, 0.3) is 5.56 Å². The molecule has 1 aliphatic heterocycles.